The summed E-state index contributed by atoms with van der Waals surface area (Å²) >= 11 is 1.72. The number of hydrogen-bond acceptors (Lipinski definition) is 3. The molecule has 0 saturated carbocycles. The van der Waals surface area contributed by atoms with Crippen LogP contribution in [0.1, 0.15) is 23.3 Å². The lowest BCUT2D eigenvalue weighted by atomic mass is 10.2. The van der Waals surface area contributed by atoms with E-state index < -0.39 is 0 Å². The van der Waals surface area contributed by atoms with Crippen LogP contribution in [0.3, 0.4) is 0 Å². The smallest absolute Gasteiger partial charge is 0.239 e. The summed E-state index contributed by atoms with van der Waals surface area (Å²) in [6.45, 7) is 3.81. The zero-order valence-corrected chi connectivity index (χ0v) is 10.6. The van der Waals surface area contributed by atoms with Gasteiger partial charge in [0.2, 0.25) is 5.91 Å². The van der Waals surface area contributed by atoms with Gasteiger partial charge in [0, 0.05) is 11.9 Å². The molecule has 1 saturated heterocycles. The van der Waals surface area contributed by atoms with E-state index in [1.807, 2.05) is 11.9 Å². The topological polar surface area (TPSA) is 32.3 Å². The second-order valence-electron chi connectivity index (χ2n) is 4.37. The fourth-order valence-electron chi connectivity index (χ4n) is 2.02. The van der Waals surface area contributed by atoms with Gasteiger partial charge in [-0.1, -0.05) is 0 Å². The van der Waals surface area contributed by atoms with Crippen LogP contribution >= 0.6 is 11.3 Å². The lowest BCUT2D eigenvalue weighted by Gasteiger charge is -2.20. The Kier molecular flexibility index (Phi) is 3.61. The number of aryl methyl sites for hydroxylation is 1. The number of hydrogen-bond donors (Lipinski definition) is 1. The number of rotatable bonds is 3. The Labute approximate surface area is 100 Å². The van der Waals surface area contributed by atoms with E-state index in [4.69, 9.17) is 0 Å². The second kappa shape index (κ2) is 4.97. The van der Waals surface area contributed by atoms with Crippen LogP contribution in [-0.2, 0) is 11.3 Å². The average Bonchev–Trinajstić information content (AvgIpc) is 2.89. The van der Waals surface area contributed by atoms with Crippen LogP contribution in [0.15, 0.2) is 11.4 Å². The molecule has 16 heavy (non-hydrogen) atoms. The minimum Gasteiger partial charge on any atom is -0.339 e. The Balaban J connectivity index is 1.94. The molecule has 1 aromatic heterocycles. The molecular weight excluding hydrogens is 220 g/mol. The summed E-state index contributed by atoms with van der Waals surface area (Å²) in [6.07, 6.45) is 2.09. The third-order valence-corrected chi connectivity index (χ3v) is 4.09. The zero-order valence-electron chi connectivity index (χ0n) is 9.82. The molecule has 4 heteroatoms. The monoisotopic (exact) mass is 238 g/mol. The van der Waals surface area contributed by atoms with E-state index in [1.165, 1.54) is 10.4 Å². The highest BCUT2D eigenvalue weighted by atomic mass is 32.1. The number of likely N-dealkylation sites (N-methyl/N-ethyl adjacent to an activating group) is 1. The normalized spacial score (nSPS) is 20.0. The first-order valence-corrected chi connectivity index (χ1v) is 6.58. The van der Waals surface area contributed by atoms with Gasteiger partial charge in [-0.25, -0.2) is 0 Å². The first-order chi connectivity index (χ1) is 7.68. The maximum atomic E-state index is 12.1. The van der Waals surface area contributed by atoms with Gasteiger partial charge in [-0.05, 0) is 43.3 Å². The van der Waals surface area contributed by atoms with Gasteiger partial charge in [-0.15, -0.1) is 11.3 Å². The van der Waals surface area contributed by atoms with Crippen molar-refractivity contribution < 1.29 is 4.79 Å². The Morgan fingerprint density at radius 3 is 3.06 bits per heavy atom. The Morgan fingerprint density at radius 1 is 1.69 bits per heavy atom. The Hall–Kier alpha value is -0.870. The summed E-state index contributed by atoms with van der Waals surface area (Å²) in [5.41, 5.74) is 1.28. The number of thiophene rings is 1. The molecule has 1 atom stereocenters. The van der Waals surface area contributed by atoms with Gasteiger partial charge in [0.05, 0.1) is 12.6 Å². The molecule has 0 aliphatic carbocycles. The zero-order chi connectivity index (χ0) is 11.5. The fourth-order valence-corrected chi connectivity index (χ4v) is 2.98. The average molecular weight is 238 g/mol. The van der Waals surface area contributed by atoms with Crippen LogP contribution in [0.25, 0.3) is 0 Å². The van der Waals surface area contributed by atoms with Crippen molar-refractivity contribution in [2.75, 3.05) is 13.6 Å². The number of nitrogens with zero attached hydrogens (tertiary/aromatic N) is 1. The lowest BCUT2D eigenvalue weighted by molar-refractivity contribution is -0.132. The molecular formula is C12H18N2OS. The highest BCUT2D eigenvalue weighted by molar-refractivity contribution is 7.10. The predicted molar refractivity (Wildman–Crippen MR) is 66.6 cm³/mol. The van der Waals surface area contributed by atoms with Gasteiger partial charge in [0.15, 0.2) is 0 Å². The van der Waals surface area contributed by atoms with E-state index in [0.29, 0.717) is 0 Å². The standard InChI is InChI=1S/C12H18N2OS/c1-9-5-7-16-11(9)8-14(2)12(15)10-4-3-6-13-10/h5,7,10,13H,3-4,6,8H2,1-2H3. The van der Waals surface area contributed by atoms with Crippen molar-refractivity contribution in [2.45, 2.75) is 32.4 Å². The van der Waals surface area contributed by atoms with Crippen molar-refractivity contribution in [3.05, 3.63) is 21.9 Å². The van der Waals surface area contributed by atoms with Crippen molar-refractivity contribution in [3.63, 3.8) is 0 Å². The quantitative estimate of drug-likeness (QED) is 0.870. The van der Waals surface area contributed by atoms with Crippen molar-refractivity contribution >= 4 is 17.2 Å². The molecule has 1 amide bonds. The molecule has 2 rings (SSSR count). The lowest BCUT2D eigenvalue weighted by Crippen LogP contribution is -2.41. The molecule has 1 fully saturated rings. The summed E-state index contributed by atoms with van der Waals surface area (Å²) in [7, 11) is 1.89. The summed E-state index contributed by atoms with van der Waals surface area (Å²) in [5, 5.41) is 5.32. The van der Waals surface area contributed by atoms with Crippen molar-refractivity contribution in [3.8, 4) is 0 Å². The van der Waals surface area contributed by atoms with Crippen LogP contribution in [0.2, 0.25) is 0 Å². The van der Waals surface area contributed by atoms with Gasteiger partial charge in [-0.3, -0.25) is 4.79 Å². The highest BCUT2D eigenvalue weighted by Crippen LogP contribution is 2.18. The first kappa shape index (κ1) is 11.6. The van der Waals surface area contributed by atoms with Crippen LogP contribution < -0.4 is 5.32 Å². The van der Waals surface area contributed by atoms with Crippen molar-refractivity contribution in [1.29, 1.82) is 0 Å². The number of carbonyl (C=O) groups excluding carboxylic acids is 1. The minimum absolute atomic E-state index is 0.0465. The van der Waals surface area contributed by atoms with Gasteiger partial charge in [-0.2, -0.15) is 0 Å². The number of nitrogens with one attached hydrogen (secondary N) is 1. The number of carbonyl (C=O) groups is 1. The van der Waals surface area contributed by atoms with Crippen LogP contribution in [-0.4, -0.2) is 30.4 Å². The first-order valence-electron chi connectivity index (χ1n) is 5.70. The summed E-state index contributed by atoms with van der Waals surface area (Å²) in [5.74, 6) is 0.227. The SMILES string of the molecule is Cc1ccsc1CN(C)C(=O)C1CCCN1. The Morgan fingerprint density at radius 2 is 2.50 bits per heavy atom. The van der Waals surface area contributed by atoms with E-state index >= 15 is 0 Å². The van der Waals surface area contributed by atoms with Crippen molar-refractivity contribution in [2.24, 2.45) is 0 Å². The summed E-state index contributed by atoms with van der Waals surface area (Å²) in [6, 6.07) is 2.15. The molecule has 0 aromatic carbocycles. The highest BCUT2D eigenvalue weighted by Gasteiger charge is 2.25. The fraction of sp³-hybridized carbons (Fsp3) is 0.583. The van der Waals surface area contributed by atoms with Crippen molar-refractivity contribution in [1.82, 2.24) is 10.2 Å². The molecule has 0 spiro atoms. The summed E-state index contributed by atoms with van der Waals surface area (Å²) < 4.78 is 0. The maximum Gasteiger partial charge on any atom is 0.239 e. The molecule has 1 aliphatic rings. The molecule has 88 valence electrons. The van der Waals surface area contributed by atoms with Gasteiger partial charge in [0.25, 0.3) is 0 Å². The second-order valence-corrected chi connectivity index (χ2v) is 5.37. The maximum absolute atomic E-state index is 12.1. The van der Waals surface area contributed by atoms with E-state index in [-0.39, 0.29) is 11.9 Å². The molecule has 3 nitrogen and oxygen atoms in total. The molecule has 1 aromatic rings. The van der Waals surface area contributed by atoms with Gasteiger partial charge >= 0.3 is 0 Å². The number of amides is 1. The predicted octanol–water partition coefficient (Wildman–Crippen LogP) is 1.77. The van der Waals surface area contributed by atoms with E-state index in [2.05, 4.69) is 23.7 Å². The third-order valence-electron chi connectivity index (χ3n) is 3.08. The van der Waals surface area contributed by atoms with Crippen LogP contribution in [0.5, 0.6) is 0 Å². The summed E-state index contributed by atoms with van der Waals surface area (Å²) in [4.78, 5) is 15.2. The molecule has 0 bridgehead atoms. The van der Waals surface area contributed by atoms with E-state index in [0.717, 1.165) is 25.9 Å². The van der Waals surface area contributed by atoms with Crippen LogP contribution in [0, 0.1) is 6.92 Å². The minimum atomic E-state index is 0.0465. The Bertz CT molecular complexity index is 369. The molecule has 1 aliphatic heterocycles. The van der Waals surface area contributed by atoms with E-state index in [9.17, 15) is 4.79 Å². The van der Waals surface area contributed by atoms with Gasteiger partial charge < -0.3 is 10.2 Å². The molecule has 1 N–H and O–H groups in total. The van der Waals surface area contributed by atoms with Gasteiger partial charge in [0.1, 0.15) is 0 Å². The third kappa shape index (κ3) is 2.44. The van der Waals surface area contributed by atoms with Crippen LogP contribution in [0.4, 0.5) is 0 Å². The molecule has 1 unspecified atom stereocenters. The van der Waals surface area contributed by atoms with E-state index in [1.54, 1.807) is 11.3 Å². The largest absolute Gasteiger partial charge is 0.339 e. The molecule has 2 heterocycles. The molecule has 0 radical (unpaired) electrons.